The van der Waals surface area contributed by atoms with Gasteiger partial charge in [-0.2, -0.15) is 0 Å². The van der Waals surface area contributed by atoms with E-state index in [9.17, 15) is 4.79 Å². The van der Waals surface area contributed by atoms with Crippen molar-refractivity contribution in [3.8, 4) is 11.1 Å². The lowest BCUT2D eigenvalue weighted by molar-refractivity contribution is 0.208. The van der Waals surface area contributed by atoms with Crippen LogP contribution in [0.1, 0.15) is 23.5 Å². The Morgan fingerprint density at radius 2 is 1.79 bits per heavy atom. The molecule has 0 radical (unpaired) electrons. The van der Waals surface area contributed by atoms with Crippen LogP contribution >= 0.6 is 0 Å². The van der Waals surface area contributed by atoms with Crippen molar-refractivity contribution in [2.45, 2.75) is 18.8 Å². The molecule has 4 nitrogen and oxygen atoms in total. The van der Waals surface area contributed by atoms with Crippen LogP contribution in [-0.2, 0) is 6.42 Å². The minimum Gasteiger partial charge on any atom is -0.338 e. The van der Waals surface area contributed by atoms with Gasteiger partial charge in [0.15, 0.2) is 0 Å². The Kier molecular flexibility index (Phi) is 5.66. The first-order valence-electron chi connectivity index (χ1n) is 9.86. The van der Waals surface area contributed by atoms with Crippen molar-refractivity contribution >= 4 is 6.03 Å². The van der Waals surface area contributed by atoms with Crippen molar-refractivity contribution in [3.05, 3.63) is 90.3 Å². The normalized spacial score (nSPS) is 16.1. The number of hydrogen-bond acceptors (Lipinski definition) is 2. The first-order valence-corrected chi connectivity index (χ1v) is 9.86. The summed E-state index contributed by atoms with van der Waals surface area (Å²) < 4.78 is 0. The molecule has 0 spiro atoms. The van der Waals surface area contributed by atoms with Gasteiger partial charge >= 0.3 is 6.03 Å². The molecule has 1 N–H and O–H groups in total. The predicted molar refractivity (Wildman–Crippen MR) is 112 cm³/mol. The zero-order valence-electron chi connectivity index (χ0n) is 15.9. The molecule has 2 heterocycles. The molecule has 142 valence electrons. The fourth-order valence-corrected chi connectivity index (χ4v) is 3.75. The highest BCUT2D eigenvalue weighted by Gasteiger charge is 2.27. The molecule has 1 fully saturated rings. The highest BCUT2D eigenvalue weighted by Crippen LogP contribution is 2.26. The van der Waals surface area contributed by atoms with Gasteiger partial charge in [-0.3, -0.25) is 4.98 Å². The fourth-order valence-electron chi connectivity index (χ4n) is 3.75. The van der Waals surface area contributed by atoms with E-state index in [1.807, 2.05) is 23.2 Å². The van der Waals surface area contributed by atoms with Gasteiger partial charge in [0.1, 0.15) is 0 Å². The maximum atomic E-state index is 12.5. The van der Waals surface area contributed by atoms with Crippen molar-refractivity contribution in [2.75, 3.05) is 19.6 Å². The van der Waals surface area contributed by atoms with E-state index in [-0.39, 0.29) is 6.03 Å². The van der Waals surface area contributed by atoms with E-state index in [1.165, 1.54) is 22.3 Å². The first-order chi connectivity index (χ1) is 13.8. The average Bonchev–Trinajstić information content (AvgIpc) is 3.26. The number of amides is 2. The van der Waals surface area contributed by atoms with Gasteiger partial charge in [-0.1, -0.05) is 60.7 Å². The van der Waals surface area contributed by atoms with E-state index in [1.54, 1.807) is 6.20 Å². The van der Waals surface area contributed by atoms with Crippen LogP contribution in [0.4, 0.5) is 4.79 Å². The molecule has 0 saturated carbocycles. The molecule has 1 aromatic heterocycles. The maximum Gasteiger partial charge on any atom is 0.317 e. The number of hydrogen-bond donors (Lipinski definition) is 1. The summed E-state index contributed by atoms with van der Waals surface area (Å²) in [6, 6.07) is 23.0. The van der Waals surface area contributed by atoms with E-state index in [4.69, 9.17) is 0 Å². The van der Waals surface area contributed by atoms with Crippen molar-refractivity contribution in [2.24, 2.45) is 0 Å². The van der Waals surface area contributed by atoms with Crippen LogP contribution in [0.15, 0.2) is 79.1 Å². The number of benzene rings is 2. The van der Waals surface area contributed by atoms with Crippen LogP contribution in [0.25, 0.3) is 11.1 Å². The third kappa shape index (κ3) is 4.39. The maximum absolute atomic E-state index is 12.5. The number of likely N-dealkylation sites (tertiary alicyclic amines) is 1. The molecule has 0 bridgehead atoms. The third-order valence-corrected chi connectivity index (χ3v) is 5.38. The Morgan fingerprint density at radius 3 is 2.54 bits per heavy atom. The summed E-state index contributed by atoms with van der Waals surface area (Å²) in [5, 5.41) is 3.06. The SMILES string of the molecule is O=C(NCCc1ccc(-c2ccccc2)cc1)N1CCC(c2cccnc2)C1. The van der Waals surface area contributed by atoms with E-state index in [0.717, 1.165) is 25.9 Å². The second-order valence-electron chi connectivity index (χ2n) is 7.26. The summed E-state index contributed by atoms with van der Waals surface area (Å²) in [6.07, 6.45) is 5.53. The summed E-state index contributed by atoms with van der Waals surface area (Å²) in [4.78, 5) is 18.6. The van der Waals surface area contributed by atoms with E-state index < -0.39 is 0 Å². The van der Waals surface area contributed by atoms with Crippen LogP contribution in [0, 0.1) is 0 Å². The Labute approximate surface area is 166 Å². The molecule has 3 aromatic rings. The molecule has 4 heteroatoms. The van der Waals surface area contributed by atoms with Gasteiger partial charge in [-0.25, -0.2) is 4.79 Å². The van der Waals surface area contributed by atoms with E-state index in [0.29, 0.717) is 12.5 Å². The standard InChI is InChI=1S/C24H25N3O/c28-24(27-16-13-23(18-27)22-7-4-14-25-17-22)26-15-12-19-8-10-21(11-9-19)20-5-2-1-3-6-20/h1-11,14,17,23H,12-13,15-16,18H2,(H,26,28). The molecule has 1 aliphatic heterocycles. The molecule has 1 unspecified atom stereocenters. The van der Waals surface area contributed by atoms with Crippen molar-refractivity contribution in [1.29, 1.82) is 0 Å². The Bertz CT molecular complexity index is 894. The lowest BCUT2D eigenvalue weighted by Crippen LogP contribution is -2.39. The van der Waals surface area contributed by atoms with Gasteiger partial charge in [0.25, 0.3) is 0 Å². The van der Waals surface area contributed by atoms with Gasteiger partial charge in [-0.15, -0.1) is 0 Å². The van der Waals surface area contributed by atoms with Crippen LogP contribution < -0.4 is 5.32 Å². The Balaban J connectivity index is 1.24. The monoisotopic (exact) mass is 371 g/mol. The quantitative estimate of drug-likeness (QED) is 0.718. The lowest BCUT2D eigenvalue weighted by Gasteiger charge is -2.17. The molecule has 28 heavy (non-hydrogen) atoms. The molecular formula is C24H25N3O. The highest BCUT2D eigenvalue weighted by molar-refractivity contribution is 5.74. The number of pyridine rings is 1. The Morgan fingerprint density at radius 1 is 1.00 bits per heavy atom. The summed E-state index contributed by atoms with van der Waals surface area (Å²) in [5.41, 5.74) is 4.89. The van der Waals surface area contributed by atoms with Gasteiger partial charge in [0, 0.05) is 37.9 Å². The van der Waals surface area contributed by atoms with E-state index >= 15 is 0 Å². The number of carbonyl (C=O) groups excluding carboxylic acids is 1. The molecule has 4 rings (SSSR count). The second kappa shape index (κ2) is 8.70. The zero-order valence-corrected chi connectivity index (χ0v) is 15.9. The minimum atomic E-state index is 0.0345. The van der Waals surface area contributed by atoms with Crippen LogP contribution in [0.2, 0.25) is 0 Å². The highest BCUT2D eigenvalue weighted by atomic mass is 16.2. The topological polar surface area (TPSA) is 45.2 Å². The van der Waals surface area contributed by atoms with Crippen LogP contribution in [-0.4, -0.2) is 35.5 Å². The number of nitrogens with zero attached hydrogens (tertiary/aromatic N) is 2. The van der Waals surface area contributed by atoms with Gasteiger partial charge in [0.05, 0.1) is 0 Å². The average molecular weight is 371 g/mol. The van der Waals surface area contributed by atoms with Crippen LogP contribution in [0.5, 0.6) is 0 Å². The molecule has 1 saturated heterocycles. The molecule has 1 aliphatic rings. The molecule has 2 amide bonds. The van der Waals surface area contributed by atoms with Gasteiger partial charge in [-0.05, 0) is 41.2 Å². The van der Waals surface area contributed by atoms with Crippen molar-refractivity contribution in [3.63, 3.8) is 0 Å². The molecule has 2 aromatic carbocycles. The summed E-state index contributed by atoms with van der Waals surface area (Å²) in [7, 11) is 0. The first kappa shape index (κ1) is 18.2. The number of aromatic nitrogens is 1. The summed E-state index contributed by atoms with van der Waals surface area (Å²) >= 11 is 0. The van der Waals surface area contributed by atoms with Crippen LogP contribution in [0.3, 0.4) is 0 Å². The third-order valence-electron chi connectivity index (χ3n) is 5.38. The molecular weight excluding hydrogens is 346 g/mol. The largest absolute Gasteiger partial charge is 0.338 e. The molecule has 1 atom stereocenters. The van der Waals surface area contributed by atoms with E-state index in [2.05, 4.69) is 64.9 Å². The Hall–Kier alpha value is -3.14. The zero-order chi connectivity index (χ0) is 19.2. The smallest absolute Gasteiger partial charge is 0.317 e. The van der Waals surface area contributed by atoms with Crippen molar-refractivity contribution in [1.82, 2.24) is 15.2 Å². The lowest BCUT2D eigenvalue weighted by atomic mass is 10.0. The van der Waals surface area contributed by atoms with Gasteiger partial charge in [0.2, 0.25) is 0 Å². The number of nitrogens with one attached hydrogen (secondary N) is 1. The van der Waals surface area contributed by atoms with Crippen molar-refractivity contribution < 1.29 is 4.79 Å². The second-order valence-corrected chi connectivity index (χ2v) is 7.26. The minimum absolute atomic E-state index is 0.0345. The number of urea groups is 1. The summed E-state index contributed by atoms with van der Waals surface area (Å²) in [6.45, 7) is 2.22. The number of rotatable bonds is 5. The van der Waals surface area contributed by atoms with Gasteiger partial charge < -0.3 is 10.2 Å². The summed E-state index contributed by atoms with van der Waals surface area (Å²) in [5.74, 6) is 0.394. The predicted octanol–water partition coefficient (Wildman–Crippen LogP) is 4.49. The molecule has 0 aliphatic carbocycles. The fraction of sp³-hybridized carbons (Fsp3) is 0.250. The number of carbonyl (C=O) groups is 1.